The third-order valence-electron chi connectivity index (χ3n) is 3.89. The van der Waals surface area contributed by atoms with Gasteiger partial charge < -0.3 is 9.47 Å². The minimum absolute atomic E-state index is 0.0303. The summed E-state index contributed by atoms with van der Waals surface area (Å²) in [5, 5.41) is 0.139. The van der Waals surface area contributed by atoms with Crippen LogP contribution >= 0.6 is 11.6 Å². The lowest BCUT2D eigenvalue weighted by molar-refractivity contribution is 0.281. The third-order valence-corrected chi connectivity index (χ3v) is 6.33. The van der Waals surface area contributed by atoms with Gasteiger partial charge in [0.05, 0.1) is 6.33 Å². The van der Waals surface area contributed by atoms with Gasteiger partial charge in [0.1, 0.15) is 5.15 Å². The van der Waals surface area contributed by atoms with E-state index >= 15 is 0 Å². The molecule has 0 spiro atoms. The van der Waals surface area contributed by atoms with E-state index in [1.807, 2.05) is 19.0 Å². The van der Waals surface area contributed by atoms with Crippen molar-refractivity contribution in [1.82, 2.24) is 18.8 Å². The zero-order chi connectivity index (χ0) is 15.6. The molecule has 1 heterocycles. The van der Waals surface area contributed by atoms with E-state index in [0.29, 0.717) is 13.1 Å². The summed E-state index contributed by atoms with van der Waals surface area (Å²) in [5.74, 6) is 0. The molecule has 0 saturated heterocycles. The second-order valence-electron chi connectivity index (χ2n) is 5.81. The molecule has 1 saturated carbocycles. The van der Waals surface area contributed by atoms with Gasteiger partial charge in [-0.25, -0.2) is 13.4 Å². The number of hydrogen-bond donors (Lipinski definition) is 0. The SMILES string of the molecule is CN(C)CCN(C1CCCC1)S(=O)(=O)c1ncn(C)c1Cl. The number of aryl methyl sites for hydroxylation is 1. The molecular formula is C13H23ClN4O2S. The van der Waals surface area contributed by atoms with E-state index < -0.39 is 10.0 Å². The third kappa shape index (κ3) is 3.59. The Labute approximate surface area is 131 Å². The van der Waals surface area contributed by atoms with E-state index in [1.165, 1.54) is 10.9 Å². The molecule has 0 N–H and O–H groups in total. The molecule has 1 aromatic rings. The van der Waals surface area contributed by atoms with Crippen LogP contribution in [0.1, 0.15) is 25.7 Å². The summed E-state index contributed by atoms with van der Waals surface area (Å²) in [6.07, 6.45) is 5.42. The molecule has 8 heteroatoms. The Morgan fingerprint density at radius 3 is 2.43 bits per heavy atom. The lowest BCUT2D eigenvalue weighted by Gasteiger charge is -2.28. The van der Waals surface area contributed by atoms with Crippen LogP contribution in [0.5, 0.6) is 0 Å². The van der Waals surface area contributed by atoms with Crippen LogP contribution in [0, 0.1) is 0 Å². The first-order valence-electron chi connectivity index (χ1n) is 7.17. The minimum atomic E-state index is -3.65. The first-order chi connectivity index (χ1) is 9.84. The maximum atomic E-state index is 12.9. The molecule has 0 radical (unpaired) electrons. The van der Waals surface area contributed by atoms with E-state index in [-0.39, 0.29) is 16.2 Å². The van der Waals surface area contributed by atoms with Gasteiger partial charge in [-0.1, -0.05) is 24.4 Å². The molecule has 1 aliphatic rings. The molecule has 0 amide bonds. The van der Waals surface area contributed by atoms with Crippen LogP contribution in [0.4, 0.5) is 0 Å². The van der Waals surface area contributed by atoms with Crippen molar-refractivity contribution in [2.75, 3.05) is 27.2 Å². The fourth-order valence-corrected chi connectivity index (χ4v) is 4.74. The van der Waals surface area contributed by atoms with Crippen molar-refractivity contribution in [2.24, 2.45) is 7.05 Å². The van der Waals surface area contributed by atoms with E-state index in [9.17, 15) is 8.42 Å². The van der Waals surface area contributed by atoms with Gasteiger partial charge in [0.15, 0.2) is 0 Å². The molecule has 2 rings (SSSR count). The van der Waals surface area contributed by atoms with Gasteiger partial charge in [-0.15, -0.1) is 0 Å². The van der Waals surface area contributed by atoms with E-state index in [4.69, 9.17) is 11.6 Å². The zero-order valence-electron chi connectivity index (χ0n) is 12.8. The molecule has 0 unspecified atom stereocenters. The van der Waals surface area contributed by atoms with E-state index in [1.54, 1.807) is 11.4 Å². The summed E-state index contributed by atoms with van der Waals surface area (Å²) in [5.41, 5.74) is 0. The number of nitrogens with zero attached hydrogens (tertiary/aromatic N) is 4. The Morgan fingerprint density at radius 2 is 1.95 bits per heavy atom. The Hall–Kier alpha value is -0.630. The van der Waals surface area contributed by atoms with Crippen LogP contribution in [0.15, 0.2) is 11.4 Å². The highest BCUT2D eigenvalue weighted by Gasteiger charge is 2.36. The number of sulfonamides is 1. The van der Waals surface area contributed by atoms with Gasteiger partial charge in [-0.3, -0.25) is 0 Å². The van der Waals surface area contributed by atoms with Crippen molar-refractivity contribution < 1.29 is 8.42 Å². The standard InChI is InChI=1S/C13H23ClN4O2S/c1-16(2)8-9-18(11-6-4-5-7-11)21(19,20)13-12(14)17(3)10-15-13/h10-11H,4-9H2,1-3H3. The first-order valence-corrected chi connectivity index (χ1v) is 8.99. The average molecular weight is 335 g/mol. The molecule has 0 bridgehead atoms. The van der Waals surface area contributed by atoms with E-state index in [0.717, 1.165) is 25.7 Å². The summed E-state index contributed by atoms with van der Waals surface area (Å²) < 4.78 is 28.9. The summed E-state index contributed by atoms with van der Waals surface area (Å²) in [6.45, 7) is 1.15. The predicted octanol–water partition coefficient (Wildman–Crippen LogP) is 1.57. The summed E-state index contributed by atoms with van der Waals surface area (Å²) in [7, 11) is 1.92. The highest BCUT2D eigenvalue weighted by molar-refractivity contribution is 7.89. The second-order valence-corrected chi connectivity index (χ2v) is 7.97. The van der Waals surface area contributed by atoms with Crippen molar-refractivity contribution in [2.45, 2.75) is 36.8 Å². The summed E-state index contributed by atoms with van der Waals surface area (Å²) in [6, 6.07) is 0.0630. The van der Waals surface area contributed by atoms with Crippen LogP contribution in [-0.4, -0.2) is 60.4 Å². The van der Waals surface area contributed by atoms with Crippen molar-refractivity contribution in [3.63, 3.8) is 0 Å². The van der Waals surface area contributed by atoms with Crippen LogP contribution in [0.25, 0.3) is 0 Å². The summed E-state index contributed by atoms with van der Waals surface area (Å²) in [4.78, 5) is 5.98. The lowest BCUT2D eigenvalue weighted by Crippen LogP contribution is -2.42. The normalized spacial score (nSPS) is 17.2. The van der Waals surface area contributed by atoms with Gasteiger partial charge in [0.25, 0.3) is 10.0 Å². The molecule has 6 nitrogen and oxygen atoms in total. The zero-order valence-corrected chi connectivity index (χ0v) is 14.4. The number of aromatic nitrogens is 2. The highest BCUT2D eigenvalue weighted by Crippen LogP contribution is 2.30. The molecule has 1 aromatic heterocycles. The van der Waals surface area contributed by atoms with Crippen molar-refractivity contribution in [3.8, 4) is 0 Å². The molecule has 0 aromatic carbocycles. The minimum Gasteiger partial charge on any atom is -0.324 e. The number of hydrogen-bond acceptors (Lipinski definition) is 4. The molecule has 0 aliphatic heterocycles. The van der Waals surface area contributed by atoms with Gasteiger partial charge in [-0.2, -0.15) is 4.31 Å². The Morgan fingerprint density at radius 1 is 1.33 bits per heavy atom. The molecular weight excluding hydrogens is 312 g/mol. The summed E-state index contributed by atoms with van der Waals surface area (Å²) >= 11 is 6.09. The second kappa shape index (κ2) is 6.64. The largest absolute Gasteiger partial charge is 0.324 e. The van der Waals surface area contributed by atoms with Gasteiger partial charge >= 0.3 is 0 Å². The first kappa shape index (κ1) is 16.7. The van der Waals surface area contributed by atoms with E-state index in [2.05, 4.69) is 4.98 Å². The fourth-order valence-electron chi connectivity index (χ4n) is 2.67. The van der Waals surface area contributed by atoms with Crippen LogP contribution in [-0.2, 0) is 17.1 Å². The lowest BCUT2D eigenvalue weighted by atomic mass is 10.2. The molecule has 0 atom stereocenters. The maximum Gasteiger partial charge on any atom is 0.263 e. The van der Waals surface area contributed by atoms with Crippen LogP contribution < -0.4 is 0 Å². The monoisotopic (exact) mass is 334 g/mol. The van der Waals surface area contributed by atoms with Crippen molar-refractivity contribution in [1.29, 1.82) is 0 Å². The van der Waals surface area contributed by atoms with Crippen molar-refractivity contribution in [3.05, 3.63) is 11.5 Å². The Kier molecular flexibility index (Phi) is 5.29. The average Bonchev–Trinajstić information content (AvgIpc) is 3.01. The van der Waals surface area contributed by atoms with Crippen molar-refractivity contribution >= 4 is 21.6 Å². The fraction of sp³-hybridized carbons (Fsp3) is 0.769. The molecule has 21 heavy (non-hydrogen) atoms. The topological polar surface area (TPSA) is 58.4 Å². The molecule has 120 valence electrons. The Bertz CT molecular complexity index is 579. The quantitative estimate of drug-likeness (QED) is 0.792. The smallest absolute Gasteiger partial charge is 0.263 e. The maximum absolute atomic E-state index is 12.9. The van der Waals surface area contributed by atoms with Crippen LogP contribution in [0.2, 0.25) is 5.15 Å². The van der Waals surface area contributed by atoms with Gasteiger partial charge in [0, 0.05) is 26.2 Å². The number of likely N-dealkylation sites (N-methyl/N-ethyl adjacent to an activating group) is 1. The number of rotatable bonds is 6. The van der Waals surface area contributed by atoms with Crippen LogP contribution in [0.3, 0.4) is 0 Å². The Balaban J connectivity index is 2.31. The molecule has 1 fully saturated rings. The van der Waals surface area contributed by atoms with Gasteiger partial charge in [-0.05, 0) is 26.9 Å². The number of halogens is 1. The highest BCUT2D eigenvalue weighted by atomic mass is 35.5. The molecule has 1 aliphatic carbocycles. The predicted molar refractivity (Wildman–Crippen MR) is 82.9 cm³/mol. The number of imidazole rings is 1. The van der Waals surface area contributed by atoms with Gasteiger partial charge in [0.2, 0.25) is 5.03 Å².